The smallest absolute Gasteiger partial charge is 0.230 e. The predicted molar refractivity (Wildman–Crippen MR) is 102 cm³/mol. The molecule has 25 heavy (non-hydrogen) atoms. The molecular weight excluding hydrogens is 332 g/mol. The molecule has 1 aliphatic heterocycles. The molecule has 1 atom stereocenters. The van der Waals surface area contributed by atoms with Crippen molar-refractivity contribution in [3.05, 3.63) is 66.2 Å². The van der Waals surface area contributed by atoms with Crippen molar-refractivity contribution in [3.8, 4) is 0 Å². The molecule has 0 bridgehead atoms. The van der Waals surface area contributed by atoms with E-state index in [2.05, 4.69) is 22.3 Å². The van der Waals surface area contributed by atoms with E-state index < -0.39 is 0 Å². The molecule has 0 unspecified atom stereocenters. The molecule has 0 aromatic heterocycles. The van der Waals surface area contributed by atoms with Crippen LogP contribution in [0.5, 0.6) is 0 Å². The summed E-state index contributed by atoms with van der Waals surface area (Å²) < 4.78 is 5.42. The largest absolute Gasteiger partial charge is 0.379 e. The first-order chi connectivity index (χ1) is 12.3. The zero-order chi connectivity index (χ0) is 17.3. The standard InChI is InChI=1S/C20H24N2O2S/c23-20(16-25-18-9-5-2-6-10-18)21-19(17-7-3-1-4-8-17)15-22-11-13-24-14-12-22/h1-10,19H,11-16H2,(H,21,23)/t19-/m0/s1. The Morgan fingerprint density at radius 2 is 1.68 bits per heavy atom. The number of rotatable bonds is 7. The van der Waals surface area contributed by atoms with Crippen molar-refractivity contribution in [2.75, 3.05) is 38.6 Å². The normalized spacial score (nSPS) is 16.3. The highest BCUT2D eigenvalue weighted by atomic mass is 32.2. The Morgan fingerprint density at radius 1 is 1.04 bits per heavy atom. The first-order valence-corrected chi connectivity index (χ1v) is 9.62. The van der Waals surface area contributed by atoms with Gasteiger partial charge in [-0.1, -0.05) is 48.5 Å². The number of carbonyl (C=O) groups excluding carboxylic acids is 1. The van der Waals surface area contributed by atoms with Crippen molar-refractivity contribution in [1.82, 2.24) is 10.2 Å². The molecule has 0 spiro atoms. The summed E-state index contributed by atoms with van der Waals surface area (Å²) in [4.78, 5) is 15.9. The fraction of sp³-hybridized carbons (Fsp3) is 0.350. The molecule has 132 valence electrons. The summed E-state index contributed by atoms with van der Waals surface area (Å²) in [7, 11) is 0. The molecule has 1 aliphatic rings. The average molecular weight is 356 g/mol. The second-order valence-corrected chi connectivity index (χ2v) is 7.09. The number of amides is 1. The van der Waals surface area contributed by atoms with Gasteiger partial charge in [0.15, 0.2) is 0 Å². The molecule has 2 aromatic carbocycles. The molecule has 3 rings (SSSR count). The highest BCUT2D eigenvalue weighted by Crippen LogP contribution is 2.19. The van der Waals surface area contributed by atoms with Crippen molar-refractivity contribution in [3.63, 3.8) is 0 Å². The number of nitrogens with one attached hydrogen (secondary N) is 1. The van der Waals surface area contributed by atoms with E-state index in [-0.39, 0.29) is 11.9 Å². The van der Waals surface area contributed by atoms with Crippen LogP contribution in [-0.2, 0) is 9.53 Å². The van der Waals surface area contributed by atoms with Gasteiger partial charge in [-0.3, -0.25) is 9.69 Å². The first kappa shape index (κ1) is 18.0. The van der Waals surface area contributed by atoms with Crippen LogP contribution >= 0.6 is 11.8 Å². The molecule has 1 heterocycles. The molecule has 1 saturated heterocycles. The third kappa shape index (κ3) is 5.88. The Labute approximate surface area is 153 Å². The van der Waals surface area contributed by atoms with E-state index in [4.69, 9.17) is 4.74 Å². The number of morpholine rings is 1. The summed E-state index contributed by atoms with van der Waals surface area (Å²) >= 11 is 1.57. The number of hydrogen-bond donors (Lipinski definition) is 1. The highest BCUT2D eigenvalue weighted by Gasteiger charge is 2.20. The van der Waals surface area contributed by atoms with Crippen molar-refractivity contribution < 1.29 is 9.53 Å². The van der Waals surface area contributed by atoms with Gasteiger partial charge >= 0.3 is 0 Å². The van der Waals surface area contributed by atoms with Gasteiger partial charge in [-0.2, -0.15) is 0 Å². The summed E-state index contributed by atoms with van der Waals surface area (Å²) in [5.74, 6) is 0.493. The predicted octanol–water partition coefficient (Wildman–Crippen LogP) is 2.97. The van der Waals surface area contributed by atoms with E-state index in [0.717, 1.165) is 43.3 Å². The number of hydrogen-bond acceptors (Lipinski definition) is 4. The molecule has 1 N–H and O–H groups in total. The lowest BCUT2D eigenvalue weighted by molar-refractivity contribution is -0.119. The second-order valence-electron chi connectivity index (χ2n) is 6.05. The van der Waals surface area contributed by atoms with E-state index >= 15 is 0 Å². The van der Waals surface area contributed by atoms with Crippen LogP contribution in [0.15, 0.2) is 65.6 Å². The van der Waals surface area contributed by atoms with E-state index in [1.165, 1.54) is 0 Å². The zero-order valence-corrected chi connectivity index (χ0v) is 15.1. The lowest BCUT2D eigenvalue weighted by Crippen LogP contribution is -2.43. The van der Waals surface area contributed by atoms with Crippen molar-refractivity contribution in [1.29, 1.82) is 0 Å². The highest BCUT2D eigenvalue weighted by molar-refractivity contribution is 8.00. The van der Waals surface area contributed by atoms with Gasteiger partial charge in [0.1, 0.15) is 0 Å². The summed E-state index contributed by atoms with van der Waals surface area (Å²) in [6.45, 7) is 4.17. The third-order valence-corrected chi connectivity index (χ3v) is 5.21. The van der Waals surface area contributed by atoms with E-state index in [1.807, 2.05) is 48.5 Å². The number of benzene rings is 2. The summed E-state index contributed by atoms with van der Waals surface area (Å²) in [6, 6.07) is 20.2. The quantitative estimate of drug-likeness (QED) is 0.775. The Bertz CT molecular complexity index is 645. The Hall–Kier alpha value is -1.82. The molecule has 0 radical (unpaired) electrons. The number of thioether (sulfide) groups is 1. The molecule has 1 amide bonds. The molecule has 5 heteroatoms. The van der Waals surface area contributed by atoms with Gasteiger partial charge in [0.05, 0.1) is 25.0 Å². The van der Waals surface area contributed by atoms with Crippen LogP contribution < -0.4 is 5.32 Å². The monoisotopic (exact) mass is 356 g/mol. The molecule has 2 aromatic rings. The summed E-state index contributed by atoms with van der Waals surface area (Å²) in [6.07, 6.45) is 0. The maximum Gasteiger partial charge on any atom is 0.230 e. The minimum absolute atomic E-state index is 0.00294. The SMILES string of the molecule is O=C(CSc1ccccc1)N[C@@H](CN1CCOCC1)c1ccccc1. The van der Waals surface area contributed by atoms with Gasteiger partial charge in [-0.25, -0.2) is 0 Å². The molecular formula is C20H24N2O2S. The number of carbonyl (C=O) groups is 1. The minimum atomic E-state index is 0.00294. The van der Waals surface area contributed by atoms with Crippen LogP contribution in [0.25, 0.3) is 0 Å². The Morgan fingerprint density at radius 3 is 2.36 bits per heavy atom. The third-order valence-electron chi connectivity index (χ3n) is 4.19. The second kappa shape index (κ2) is 9.61. The molecule has 0 saturated carbocycles. The van der Waals surface area contributed by atoms with Gasteiger partial charge in [0.2, 0.25) is 5.91 Å². The van der Waals surface area contributed by atoms with E-state index in [0.29, 0.717) is 5.75 Å². The van der Waals surface area contributed by atoms with Gasteiger partial charge in [-0.15, -0.1) is 11.8 Å². The lowest BCUT2D eigenvalue weighted by Gasteiger charge is -2.31. The van der Waals surface area contributed by atoms with Gasteiger partial charge in [0, 0.05) is 24.5 Å². The van der Waals surface area contributed by atoms with Crippen LogP contribution in [0, 0.1) is 0 Å². The van der Waals surface area contributed by atoms with Crippen LogP contribution in [-0.4, -0.2) is 49.4 Å². The van der Waals surface area contributed by atoms with Crippen molar-refractivity contribution >= 4 is 17.7 Å². The van der Waals surface area contributed by atoms with Gasteiger partial charge in [0.25, 0.3) is 0 Å². The fourth-order valence-electron chi connectivity index (χ4n) is 2.86. The zero-order valence-electron chi connectivity index (χ0n) is 14.3. The lowest BCUT2D eigenvalue weighted by atomic mass is 10.1. The van der Waals surface area contributed by atoms with Crippen LogP contribution in [0.2, 0.25) is 0 Å². The number of nitrogens with zero attached hydrogens (tertiary/aromatic N) is 1. The van der Waals surface area contributed by atoms with Crippen LogP contribution in [0.3, 0.4) is 0 Å². The Balaban J connectivity index is 1.59. The average Bonchev–Trinajstić information content (AvgIpc) is 2.68. The molecule has 0 aliphatic carbocycles. The molecule has 4 nitrogen and oxygen atoms in total. The maximum absolute atomic E-state index is 12.5. The fourth-order valence-corrected chi connectivity index (χ4v) is 3.59. The van der Waals surface area contributed by atoms with Gasteiger partial charge in [-0.05, 0) is 17.7 Å². The van der Waals surface area contributed by atoms with Crippen molar-refractivity contribution in [2.24, 2.45) is 0 Å². The van der Waals surface area contributed by atoms with Crippen LogP contribution in [0.4, 0.5) is 0 Å². The van der Waals surface area contributed by atoms with E-state index in [9.17, 15) is 4.79 Å². The molecule has 1 fully saturated rings. The first-order valence-electron chi connectivity index (χ1n) is 8.63. The summed E-state index contributed by atoms with van der Waals surface area (Å²) in [5, 5.41) is 3.21. The van der Waals surface area contributed by atoms with Crippen molar-refractivity contribution in [2.45, 2.75) is 10.9 Å². The number of ether oxygens (including phenoxy) is 1. The van der Waals surface area contributed by atoms with Gasteiger partial charge < -0.3 is 10.1 Å². The Kier molecular flexibility index (Phi) is 6.91. The van der Waals surface area contributed by atoms with Crippen LogP contribution in [0.1, 0.15) is 11.6 Å². The topological polar surface area (TPSA) is 41.6 Å². The minimum Gasteiger partial charge on any atom is -0.379 e. The summed E-state index contributed by atoms with van der Waals surface area (Å²) in [5.41, 5.74) is 1.15. The van der Waals surface area contributed by atoms with E-state index in [1.54, 1.807) is 11.8 Å². The maximum atomic E-state index is 12.5.